The Balaban J connectivity index is 1.60. The molecule has 0 radical (unpaired) electrons. The van der Waals surface area contributed by atoms with Gasteiger partial charge in [-0.05, 0) is 42.7 Å². The maximum absolute atomic E-state index is 12.3. The number of amides is 1. The van der Waals surface area contributed by atoms with Crippen LogP contribution in [0.15, 0.2) is 60.8 Å². The lowest BCUT2D eigenvalue weighted by Gasteiger charge is -2.13. The van der Waals surface area contributed by atoms with Crippen LogP contribution in [0, 0.1) is 6.92 Å². The van der Waals surface area contributed by atoms with Crippen LogP contribution in [0.4, 0.5) is 11.4 Å². The van der Waals surface area contributed by atoms with Crippen LogP contribution in [-0.4, -0.2) is 24.5 Å². The minimum atomic E-state index is -0.192. The molecule has 0 fully saturated rings. The summed E-state index contributed by atoms with van der Waals surface area (Å²) < 4.78 is 5.36. The molecule has 144 valence electrons. The van der Waals surface area contributed by atoms with Crippen LogP contribution in [0.25, 0.3) is 0 Å². The van der Waals surface area contributed by atoms with Crippen LogP contribution in [-0.2, 0) is 6.42 Å². The van der Waals surface area contributed by atoms with Gasteiger partial charge < -0.3 is 15.4 Å². The number of anilines is 2. The molecule has 1 aromatic heterocycles. The van der Waals surface area contributed by atoms with E-state index in [2.05, 4.69) is 15.6 Å². The molecule has 3 aromatic rings. The largest absolute Gasteiger partial charge is 0.495 e. The van der Waals surface area contributed by atoms with Gasteiger partial charge in [-0.15, -0.1) is 0 Å². The number of methoxy groups -OCH3 is 1. The molecule has 0 spiro atoms. The molecule has 0 atom stereocenters. The number of pyridine rings is 1. The van der Waals surface area contributed by atoms with E-state index < -0.39 is 0 Å². The van der Waals surface area contributed by atoms with Crippen LogP contribution in [0.1, 0.15) is 21.6 Å². The van der Waals surface area contributed by atoms with Crippen molar-refractivity contribution in [3.63, 3.8) is 0 Å². The summed E-state index contributed by atoms with van der Waals surface area (Å²) in [4.78, 5) is 16.5. The minimum absolute atomic E-state index is 0.192. The monoisotopic (exact) mass is 395 g/mol. The van der Waals surface area contributed by atoms with E-state index >= 15 is 0 Å². The van der Waals surface area contributed by atoms with Crippen molar-refractivity contribution in [2.24, 2.45) is 0 Å². The molecule has 0 aliphatic heterocycles. The van der Waals surface area contributed by atoms with E-state index in [-0.39, 0.29) is 5.91 Å². The Bertz CT molecular complexity index is 944. The number of carbonyl (C=O) groups is 1. The lowest BCUT2D eigenvalue weighted by Crippen LogP contribution is -2.26. The number of nitrogens with one attached hydrogen (secondary N) is 2. The van der Waals surface area contributed by atoms with Crippen LogP contribution in [0.2, 0.25) is 5.02 Å². The predicted molar refractivity (Wildman–Crippen MR) is 113 cm³/mol. The van der Waals surface area contributed by atoms with Crippen molar-refractivity contribution in [3.8, 4) is 5.75 Å². The molecule has 0 aliphatic rings. The zero-order valence-corrected chi connectivity index (χ0v) is 16.6. The summed E-state index contributed by atoms with van der Waals surface area (Å²) in [6.45, 7) is 2.49. The van der Waals surface area contributed by atoms with Gasteiger partial charge in [0.1, 0.15) is 11.4 Å². The molecular weight excluding hydrogens is 374 g/mol. The van der Waals surface area contributed by atoms with E-state index in [1.807, 2.05) is 49.4 Å². The summed E-state index contributed by atoms with van der Waals surface area (Å²) in [5, 5.41) is 6.78. The third-order valence-electron chi connectivity index (χ3n) is 4.30. The second-order valence-electron chi connectivity index (χ2n) is 6.35. The number of carbonyl (C=O) groups excluding carboxylic acids is 1. The fraction of sp³-hybridized carbons (Fsp3) is 0.182. The van der Waals surface area contributed by atoms with E-state index in [0.717, 1.165) is 23.4 Å². The van der Waals surface area contributed by atoms with E-state index in [9.17, 15) is 4.79 Å². The zero-order chi connectivity index (χ0) is 19.9. The second-order valence-corrected chi connectivity index (χ2v) is 6.76. The average molecular weight is 396 g/mol. The standard InChI is InChI=1S/C22H22ClN3O2/c1-15-12-20(21(28-2)13-18(15)23)26-17-8-9-19(25-14-17)22(27)24-11-10-16-6-4-3-5-7-16/h3-9,12-14,26H,10-11H2,1-2H3,(H,24,27). The number of aryl methyl sites for hydroxylation is 1. The smallest absolute Gasteiger partial charge is 0.269 e. The Kier molecular flexibility index (Phi) is 6.50. The first kappa shape index (κ1) is 19.7. The van der Waals surface area contributed by atoms with Crippen LogP contribution >= 0.6 is 11.6 Å². The molecule has 2 aromatic carbocycles. The molecule has 6 heteroatoms. The first-order chi connectivity index (χ1) is 13.6. The van der Waals surface area contributed by atoms with Crippen LogP contribution in [0.3, 0.4) is 0 Å². The number of hydrogen-bond acceptors (Lipinski definition) is 4. The SMILES string of the molecule is COc1cc(Cl)c(C)cc1Nc1ccc(C(=O)NCCc2ccccc2)nc1. The van der Waals surface area contributed by atoms with Crippen molar-refractivity contribution in [1.82, 2.24) is 10.3 Å². The van der Waals surface area contributed by atoms with E-state index in [1.54, 1.807) is 25.4 Å². The van der Waals surface area contributed by atoms with Crippen molar-refractivity contribution in [1.29, 1.82) is 0 Å². The molecule has 0 saturated carbocycles. The number of halogens is 1. The quantitative estimate of drug-likeness (QED) is 0.605. The molecule has 0 unspecified atom stereocenters. The van der Waals surface area contributed by atoms with E-state index in [0.29, 0.717) is 23.0 Å². The lowest BCUT2D eigenvalue weighted by atomic mass is 10.1. The topological polar surface area (TPSA) is 63.2 Å². The van der Waals surface area contributed by atoms with Crippen LogP contribution in [0.5, 0.6) is 5.75 Å². The molecule has 0 aliphatic carbocycles. The second kappa shape index (κ2) is 9.24. The third kappa shape index (κ3) is 5.02. The number of aromatic nitrogens is 1. The molecule has 28 heavy (non-hydrogen) atoms. The number of rotatable bonds is 7. The van der Waals surface area contributed by atoms with Gasteiger partial charge in [-0.25, -0.2) is 4.98 Å². The Morgan fingerprint density at radius 2 is 1.93 bits per heavy atom. The molecule has 1 heterocycles. The summed E-state index contributed by atoms with van der Waals surface area (Å²) in [5.74, 6) is 0.445. The van der Waals surface area contributed by atoms with E-state index in [4.69, 9.17) is 16.3 Å². The van der Waals surface area contributed by atoms with Gasteiger partial charge in [-0.2, -0.15) is 0 Å². The highest BCUT2D eigenvalue weighted by molar-refractivity contribution is 6.31. The minimum Gasteiger partial charge on any atom is -0.495 e. The van der Waals surface area contributed by atoms with Gasteiger partial charge in [0, 0.05) is 17.6 Å². The number of benzene rings is 2. The van der Waals surface area contributed by atoms with Gasteiger partial charge in [0.25, 0.3) is 5.91 Å². The Labute approximate surface area is 169 Å². The maximum atomic E-state index is 12.3. The zero-order valence-electron chi connectivity index (χ0n) is 15.8. The molecule has 3 rings (SSSR count). The summed E-state index contributed by atoms with van der Waals surface area (Å²) in [7, 11) is 1.59. The first-order valence-corrected chi connectivity index (χ1v) is 9.34. The van der Waals surface area contributed by atoms with Gasteiger partial charge in [-0.1, -0.05) is 41.9 Å². The molecular formula is C22H22ClN3O2. The van der Waals surface area contributed by atoms with Crippen molar-refractivity contribution >= 4 is 28.9 Å². The fourth-order valence-electron chi connectivity index (χ4n) is 2.74. The van der Waals surface area contributed by atoms with Gasteiger partial charge in [0.2, 0.25) is 0 Å². The van der Waals surface area contributed by atoms with Crippen molar-refractivity contribution in [2.75, 3.05) is 19.0 Å². The lowest BCUT2D eigenvalue weighted by molar-refractivity contribution is 0.0949. The van der Waals surface area contributed by atoms with Gasteiger partial charge in [-0.3, -0.25) is 4.79 Å². The number of nitrogens with zero attached hydrogens (tertiary/aromatic N) is 1. The summed E-state index contributed by atoms with van der Waals surface area (Å²) in [6.07, 6.45) is 2.40. The van der Waals surface area contributed by atoms with Gasteiger partial charge >= 0.3 is 0 Å². The molecule has 1 amide bonds. The molecule has 5 nitrogen and oxygen atoms in total. The highest BCUT2D eigenvalue weighted by Crippen LogP contribution is 2.32. The Morgan fingerprint density at radius 1 is 1.14 bits per heavy atom. The van der Waals surface area contributed by atoms with Crippen molar-refractivity contribution in [3.05, 3.63) is 82.6 Å². The Morgan fingerprint density at radius 3 is 2.61 bits per heavy atom. The first-order valence-electron chi connectivity index (χ1n) is 8.96. The summed E-state index contributed by atoms with van der Waals surface area (Å²) in [5.41, 5.74) is 4.03. The maximum Gasteiger partial charge on any atom is 0.269 e. The number of ether oxygens (including phenoxy) is 1. The van der Waals surface area contributed by atoms with E-state index in [1.165, 1.54) is 5.56 Å². The normalized spacial score (nSPS) is 10.4. The molecule has 0 bridgehead atoms. The highest BCUT2D eigenvalue weighted by atomic mass is 35.5. The summed E-state index contributed by atoms with van der Waals surface area (Å²) >= 11 is 6.14. The number of hydrogen-bond donors (Lipinski definition) is 2. The van der Waals surface area contributed by atoms with Gasteiger partial charge in [0.05, 0.1) is 24.7 Å². The summed E-state index contributed by atoms with van der Waals surface area (Å²) in [6, 6.07) is 17.2. The van der Waals surface area contributed by atoms with Crippen LogP contribution < -0.4 is 15.4 Å². The predicted octanol–water partition coefficient (Wildman–Crippen LogP) is 4.77. The third-order valence-corrected chi connectivity index (χ3v) is 4.71. The van der Waals surface area contributed by atoms with Crippen molar-refractivity contribution in [2.45, 2.75) is 13.3 Å². The van der Waals surface area contributed by atoms with Crippen molar-refractivity contribution < 1.29 is 9.53 Å². The molecule has 0 saturated heterocycles. The highest BCUT2D eigenvalue weighted by Gasteiger charge is 2.10. The molecule has 2 N–H and O–H groups in total. The Hall–Kier alpha value is -3.05. The fourth-order valence-corrected chi connectivity index (χ4v) is 2.90. The van der Waals surface area contributed by atoms with Gasteiger partial charge in [0.15, 0.2) is 0 Å². The average Bonchev–Trinajstić information content (AvgIpc) is 2.72.